The molecule has 1 N–H and O–H groups in total. The summed E-state index contributed by atoms with van der Waals surface area (Å²) < 4.78 is 31.6. The van der Waals surface area contributed by atoms with Crippen molar-refractivity contribution in [3.8, 4) is 0 Å². The number of aryl methyl sites for hydroxylation is 1. The van der Waals surface area contributed by atoms with Crippen LogP contribution in [0.5, 0.6) is 0 Å². The Balaban J connectivity index is 1.79. The quantitative estimate of drug-likeness (QED) is 0.882. The van der Waals surface area contributed by atoms with Crippen LogP contribution in [-0.2, 0) is 10.0 Å². The number of nitrogens with zero attached hydrogens (tertiary/aromatic N) is 2. The Morgan fingerprint density at radius 2 is 1.90 bits per heavy atom. The number of hydrogen-bond acceptors (Lipinski definition) is 5. The number of sulfonamides is 1. The van der Waals surface area contributed by atoms with E-state index in [4.69, 9.17) is 9.52 Å². The van der Waals surface area contributed by atoms with Crippen LogP contribution in [0.15, 0.2) is 15.4 Å². The van der Waals surface area contributed by atoms with Gasteiger partial charge in [-0.25, -0.2) is 13.2 Å². The first-order chi connectivity index (χ1) is 9.89. The largest absolute Gasteiger partial charge is 0.475 e. The maximum absolute atomic E-state index is 12.6. The molecule has 21 heavy (non-hydrogen) atoms. The summed E-state index contributed by atoms with van der Waals surface area (Å²) in [7, 11) is -3.68. The fourth-order valence-corrected chi connectivity index (χ4v) is 4.30. The lowest BCUT2D eigenvalue weighted by molar-refractivity contribution is 0.0661. The maximum Gasteiger partial charge on any atom is 0.371 e. The van der Waals surface area contributed by atoms with Crippen LogP contribution in [-0.4, -0.2) is 60.9 Å². The second-order valence-corrected chi connectivity index (χ2v) is 7.41. The molecular formula is C13H18N2O5S. The highest BCUT2D eigenvalue weighted by atomic mass is 32.2. The fraction of sp³-hybridized carbons (Fsp3) is 0.615. The van der Waals surface area contributed by atoms with E-state index in [9.17, 15) is 13.2 Å². The molecule has 116 valence electrons. The number of furan rings is 1. The van der Waals surface area contributed by atoms with Gasteiger partial charge in [-0.3, -0.25) is 4.90 Å². The van der Waals surface area contributed by atoms with E-state index in [0.29, 0.717) is 19.1 Å². The van der Waals surface area contributed by atoms with Crippen molar-refractivity contribution >= 4 is 16.0 Å². The summed E-state index contributed by atoms with van der Waals surface area (Å²) >= 11 is 0. The Bertz CT molecular complexity index is 654. The molecule has 0 spiro atoms. The Morgan fingerprint density at radius 3 is 2.38 bits per heavy atom. The minimum atomic E-state index is -3.68. The fourth-order valence-electron chi connectivity index (χ4n) is 2.71. The van der Waals surface area contributed by atoms with E-state index in [1.807, 2.05) is 0 Å². The molecule has 7 nitrogen and oxygen atoms in total. The number of aromatic carboxylic acids is 1. The third-order valence-corrected chi connectivity index (χ3v) is 6.04. The highest BCUT2D eigenvalue weighted by molar-refractivity contribution is 7.89. The van der Waals surface area contributed by atoms with Gasteiger partial charge in [0, 0.05) is 38.3 Å². The van der Waals surface area contributed by atoms with Gasteiger partial charge >= 0.3 is 5.97 Å². The van der Waals surface area contributed by atoms with Crippen LogP contribution in [0.1, 0.15) is 29.2 Å². The minimum absolute atomic E-state index is 0.0419. The lowest BCUT2D eigenvalue weighted by Gasteiger charge is -2.33. The number of carboxylic acid groups (broad SMARTS) is 1. The summed E-state index contributed by atoms with van der Waals surface area (Å²) in [5, 5.41) is 8.89. The first-order valence-electron chi connectivity index (χ1n) is 6.97. The predicted molar refractivity (Wildman–Crippen MR) is 73.8 cm³/mol. The SMILES string of the molecule is Cc1oc(C(=O)O)cc1S(=O)(=O)N1CCN(C2CC2)CC1. The topological polar surface area (TPSA) is 91.1 Å². The van der Waals surface area contributed by atoms with Gasteiger partial charge in [-0.1, -0.05) is 0 Å². The minimum Gasteiger partial charge on any atom is -0.475 e. The molecule has 0 bridgehead atoms. The molecule has 1 aromatic rings. The molecule has 1 saturated heterocycles. The van der Waals surface area contributed by atoms with Gasteiger partial charge in [0.25, 0.3) is 0 Å². The highest BCUT2D eigenvalue weighted by Gasteiger charge is 2.36. The van der Waals surface area contributed by atoms with Crippen LogP contribution in [0.25, 0.3) is 0 Å². The Hall–Kier alpha value is -1.38. The summed E-state index contributed by atoms with van der Waals surface area (Å²) in [6, 6.07) is 1.73. The van der Waals surface area contributed by atoms with Crippen molar-refractivity contribution in [3.63, 3.8) is 0 Å². The molecule has 1 aliphatic heterocycles. The van der Waals surface area contributed by atoms with Crippen LogP contribution in [0, 0.1) is 6.92 Å². The van der Waals surface area contributed by atoms with Crippen molar-refractivity contribution in [1.29, 1.82) is 0 Å². The van der Waals surface area contributed by atoms with Gasteiger partial charge in [0.05, 0.1) is 0 Å². The van der Waals surface area contributed by atoms with E-state index < -0.39 is 16.0 Å². The molecule has 8 heteroatoms. The van der Waals surface area contributed by atoms with Crippen LogP contribution in [0.4, 0.5) is 0 Å². The number of carboxylic acids is 1. The Labute approximate surface area is 123 Å². The molecule has 0 aromatic carbocycles. The van der Waals surface area contributed by atoms with Crippen molar-refractivity contribution < 1.29 is 22.7 Å². The van der Waals surface area contributed by atoms with Crippen molar-refractivity contribution in [2.75, 3.05) is 26.2 Å². The number of rotatable bonds is 4. The third kappa shape index (κ3) is 2.70. The summed E-state index contributed by atoms with van der Waals surface area (Å²) in [4.78, 5) is 13.2. The molecule has 2 fully saturated rings. The third-order valence-electron chi connectivity index (χ3n) is 4.04. The van der Waals surface area contributed by atoms with Gasteiger partial charge in [-0.15, -0.1) is 0 Å². The lowest BCUT2D eigenvalue weighted by Crippen LogP contribution is -2.49. The van der Waals surface area contributed by atoms with Crippen molar-refractivity contribution in [1.82, 2.24) is 9.21 Å². The molecule has 1 saturated carbocycles. The first kappa shape index (κ1) is 14.6. The molecule has 1 aromatic heterocycles. The average molecular weight is 314 g/mol. The van der Waals surface area contributed by atoms with E-state index in [1.54, 1.807) is 0 Å². The lowest BCUT2D eigenvalue weighted by atomic mass is 10.3. The first-order valence-corrected chi connectivity index (χ1v) is 8.41. The summed E-state index contributed by atoms with van der Waals surface area (Å²) in [6.45, 7) is 3.80. The van der Waals surface area contributed by atoms with Crippen LogP contribution in [0.2, 0.25) is 0 Å². The summed E-state index contributed by atoms with van der Waals surface area (Å²) in [5.74, 6) is -1.49. The van der Waals surface area contributed by atoms with Gasteiger partial charge in [0.1, 0.15) is 10.7 Å². The van der Waals surface area contributed by atoms with Gasteiger partial charge in [0.2, 0.25) is 15.8 Å². The van der Waals surface area contributed by atoms with Crippen molar-refractivity contribution in [3.05, 3.63) is 17.6 Å². The van der Waals surface area contributed by atoms with E-state index >= 15 is 0 Å². The van der Waals surface area contributed by atoms with E-state index in [2.05, 4.69) is 4.90 Å². The smallest absolute Gasteiger partial charge is 0.371 e. The molecule has 0 atom stereocenters. The molecule has 0 amide bonds. The van der Waals surface area contributed by atoms with Crippen LogP contribution < -0.4 is 0 Å². The number of hydrogen-bond donors (Lipinski definition) is 1. The molecule has 2 aliphatic rings. The molecule has 0 unspecified atom stereocenters. The molecular weight excluding hydrogens is 296 g/mol. The Morgan fingerprint density at radius 1 is 1.29 bits per heavy atom. The highest BCUT2D eigenvalue weighted by Crippen LogP contribution is 2.29. The van der Waals surface area contributed by atoms with Crippen LogP contribution in [0.3, 0.4) is 0 Å². The normalized spacial score (nSPS) is 21.6. The molecule has 0 radical (unpaired) electrons. The summed E-state index contributed by atoms with van der Waals surface area (Å²) in [5.41, 5.74) is 0. The molecule has 2 heterocycles. The van der Waals surface area contributed by atoms with E-state index in [-0.39, 0.29) is 16.4 Å². The summed E-state index contributed by atoms with van der Waals surface area (Å²) in [6.07, 6.45) is 2.41. The average Bonchev–Trinajstić information content (AvgIpc) is 3.21. The maximum atomic E-state index is 12.6. The zero-order chi connectivity index (χ0) is 15.2. The van der Waals surface area contributed by atoms with E-state index in [0.717, 1.165) is 19.2 Å². The van der Waals surface area contributed by atoms with Crippen molar-refractivity contribution in [2.24, 2.45) is 0 Å². The van der Waals surface area contributed by atoms with Gasteiger partial charge < -0.3 is 9.52 Å². The zero-order valence-electron chi connectivity index (χ0n) is 11.8. The zero-order valence-corrected chi connectivity index (χ0v) is 12.6. The monoisotopic (exact) mass is 314 g/mol. The molecule has 1 aliphatic carbocycles. The van der Waals surface area contributed by atoms with E-state index in [1.165, 1.54) is 24.1 Å². The standard InChI is InChI=1S/C13H18N2O5S/c1-9-12(8-11(20-9)13(16)17)21(18,19)15-6-4-14(5-7-15)10-2-3-10/h8,10H,2-7H2,1H3,(H,16,17). The van der Waals surface area contributed by atoms with Crippen LogP contribution >= 0.6 is 0 Å². The molecule has 3 rings (SSSR count). The van der Waals surface area contributed by atoms with Crippen molar-refractivity contribution in [2.45, 2.75) is 30.7 Å². The second kappa shape index (κ2) is 5.11. The van der Waals surface area contributed by atoms with Gasteiger partial charge in [-0.2, -0.15) is 4.31 Å². The number of piperazine rings is 1. The van der Waals surface area contributed by atoms with Gasteiger partial charge in [-0.05, 0) is 19.8 Å². The predicted octanol–water partition coefficient (Wildman–Crippen LogP) is 0.755. The Kier molecular flexibility index (Phi) is 3.54. The number of carbonyl (C=O) groups is 1. The second-order valence-electron chi connectivity index (χ2n) is 5.51. The van der Waals surface area contributed by atoms with Gasteiger partial charge in [0.15, 0.2) is 0 Å².